The number of carbonyl (C=O) groups excluding carboxylic acids is 1. The van der Waals surface area contributed by atoms with Crippen molar-refractivity contribution in [1.82, 2.24) is 10.2 Å². The summed E-state index contributed by atoms with van der Waals surface area (Å²) >= 11 is 1.69. The third-order valence-electron chi connectivity index (χ3n) is 5.63. The second kappa shape index (κ2) is 7.11. The largest absolute Gasteiger partial charge is 0.504 e. The van der Waals surface area contributed by atoms with Crippen LogP contribution in [0.2, 0.25) is 0 Å². The van der Waals surface area contributed by atoms with Gasteiger partial charge in [-0.25, -0.2) is 0 Å². The number of phenolic OH excluding ortho intramolecular Hbond substituents is 1. The van der Waals surface area contributed by atoms with Crippen molar-refractivity contribution in [2.24, 2.45) is 5.92 Å². The molecule has 0 unspecified atom stereocenters. The third kappa shape index (κ3) is 3.02. The fraction of sp³-hybridized carbons (Fsp3) is 0.318. The van der Waals surface area contributed by atoms with Gasteiger partial charge in [0.25, 0.3) is 0 Å². The number of rotatable bonds is 2. The molecular formula is C22H22N2O3S. The fourth-order valence-corrected chi connectivity index (χ4v) is 5.14. The van der Waals surface area contributed by atoms with E-state index in [0.29, 0.717) is 25.4 Å². The van der Waals surface area contributed by atoms with Crippen LogP contribution in [0.3, 0.4) is 0 Å². The Morgan fingerprint density at radius 1 is 1.29 bits per heavy atom. The molecule has 3 aromatic rings. The minimum atomic E-state index is 0.0409. The zero-order valence-electron chi connectivity index (χ0n) is 15.5. The summed E-state index contributed by atoms with van der Waals surface area (Å²) in [5.74, 6) is 0.856. The number of nitrogens with zero attached hydrogens (tertiary/aromatic N) is 1. The van der Waals surface area contributed by atoms with E-state index in [0.717, 1.165) is 36.2 Å². The van der Waals surface area contributed by atoms with Crippen LogP contribution in [0.5, 0.6) is 11.5 Å². The molecule has 144 valence electrons. The van der Waals surface area contributed by atoms with Crippen LogP contribution in [0.15, 0.2) is 41.8 Å². The Labute approximate surface area is 167 Å². The molecule has 0 radical (unpaired) electrons. The van der Waals surface area contributed by atoms with Gasteiger partial charge in [0.2, 0.25) is 5.91 Å². The van der Waals surface area contributed by atoms with Crippen LogP contribution in [-0.4, -0.2) is 42.2 Å². The van der Waals surface area contributed by atoms with Crippen LogP contribution in [0.4, 0.5) is 0 Å². The lowest BCUT2D eigenvalue weighted by Gasteiger charge is -2.23. The van der Waals surface area contributed by atoms with E-state index in [-0.39, 0.29) is 17.6 Å². The van der Waals surface area contributed by atoms with Crippen LogP contribution in [0, 0.1) is 5.92 Å². The van der Waals surface area contributed by atoms with Crippen molar-refractivity contribution in [3.8, 4) is 22.6 Å². The highest BCUT2D eigenvalue weighted by molar-refractivity contribution is 7.17. The number of ether oxygens (including phenoxy) is 1. The topological polar surface area (TPSA) is 61.8 Å². The number of thiophene rings is 1. The van der Waals surface area contributed by atoms with Gasteiger partial charge in [0.1, 0.15) is 6.61 Å². The van der Waals surface area contributed by atoms with Gasteiger partial charge in [-0.2, -0.15) is 0 Å². The summed E-state index contributed by atoms with van der Waals surface area (Å²) in [6, 6.07) is 12.1. The van der Waals surface area contributed by atoms with E-state index < -0.39 is 0 Å². The SMILES string of the molecule is O=C([C@@H]1CCNC1)N1CCOc2c(O)cc(-c3csc4ccccc34)cc2C1. The van der Waals surface area contributed by atoms with Crippen LogP contribution in [0.1, 0.15) is 12.0 Å². The maximum Gasteiger partial charge on any atom is 0.227 e. The Morgan fingerprint density at radius 3 is 3.04 bits per heavy atom. The number of nitrogens with one attached hydrogen (secondary N) is 1. The van der Waals surface area contributed by atoms with E-state index in [2.05, 4.69) is 28.9 Å². The Hall–Kier alpha value is -2.57. The summed E-state index contributed by atoms with van der Waals surface area (Å²) in [6.07, 6.45) is 0.884. The summed E-state index contributed by atoms with van der Waals surface area (Å²) < 4.78 is 7.04. The highest BCUT2D eigenvalue weighted by atomic mass is 32.1. The summed E-state index contributed by atoms with van der Waals surface area (Å²) in [5, 5.41) is 17.2. The molecule has 1 saturated heterocycles. The molecule has 0 bridgehead atoms. The zero-order valence-corrected chi connectivity index (χ0v) is 16.3. The first-order chi connectivity index (χ1) is 13.7. The molecule has 2 aliphatic heterocycles. The van der Waals surface area contributed by atoms with Crippen LogP contribution in [-0.2, 0) is 11.3 Å². The summed E-state index contributed by atoms with van der Waals surface area (Å²) in [7, 11) is 0. The van der Waals surface area contributed by atoms with Gasteiger partial charge in [-0.1, -0.05) is 18.2 Å². The maximum absolute atomic E-state index is 12.9. The predicted molar refractivity (Wildman–Crippen MR) is 111 cm³/mol. The number of phenols is 1. The van der Waals surface area contributed by atoms with Gasteiger partial charge in [0, 0.05) is 34.3 Å². The van der Waals surface area contributed by atoms with Gasteiger partial charge in [0.05, 0.1) is 12.5 Å². The summed E-state index contributed by atoms with van der Waals surface area (Å²) in [5.41, 5.74) is 2.91. The molecular weight excluding hydrogens is 372 g/mol. The number of hydrogen-bond acceptors (Lipinski definition) is 5. The molecule has 1 amide bonds. The number of hydrogen-bond donors (Lipinski definition) is 2. The van der Waals surface area contributed by atoms with Crippen molar-refractivity contribution < 1.29 is 14.6 Å². The molecule has 1 aromatic heterocycles. The molecule has 3 heterocycles. The smallest absolute Gasteiger partial charge is 0.227 e. The predicted octanol–water partition coefficient (Wildman–Crippen LogP) is 3.60. The van der Waals surface area contributed by atoms with Gasteiger partial charge in [-0.15, -0.1) is 11.3 Å². The van der Waals surface area contributed by atoms with Gasteiger partial charge >= 0.3 is 0 Å². The van der Waals surface area contributed by atoms with Crippen LogP contribution < -0.4 is 10.1 Å². The average Bonchev–Trinajstić information content (AvgIpc) is 3.33. The third-order valence-corrected chi connectivity index (χ3v) is 6.59. The molecule has 2 aromatic carbocycles. The van der Waals surface area contributed by atoms with Crippen molar-refractivity contribution in [1.29, 1.82) is 0 Å². The van der Waals surface area contributed by atoms with E-state index in [4.69, 9.17) is 4.74 Å². The van der Waals surface area contributed by atoms with E-state index in [1.165, 1.54) is 10.1 Å². The molecule has 0 saturated carbocycles. The Kier molecular flexibility index (Phi) is 4.45. The minimum Gasteiger partial charge on any atom is -0.504 e. The van der Waals surface area contributed by atoms with E-state index in [9.17, 15) is 9.90 Å². The molecule has 6 heteroatoms. The van der Waals surface area contributed by atoms with Crippen molar-refractivity contribution in [3.63, 3.8) is 0 Å². The second-order valence-electron chi connectivity index (χ2n) is 7.43. The lowest BCUT2D eigenvalue weighted by Crippen LogP contribution is -2.37. The molecule has 1 fully saturated rings. The highest BCUT2D eigenvalue weighted by Gasteiger charge is 2.29. The van der Waals surface area contributed by atoms with E-state index in [1.54, 1.807) is 17.4 Å². The first kappa shape index (κ1) is 17.5. The van der Waals surface area contributed by atoms with Gasteiger partial charge in [-0.3, -0.25) is 4.79 Å². The van der Waals surface area contributed by atoms with Crippen molar-refractivity contribution in [2.75, 3.05) is 26.2 Å². The Balaban J connectivity index is 1.52. The molecule has 5 nitrogen and oxygen atoms in total. The highest BCUT2D eigenvalue weighted by Crippen LogP contribution is 2.41. The van der Waals surface area contributed by atoms with Crippen LogP contribution >= 0.6 is 11.3 Å². The van der Waals surface area contributed by atoms with E-state index in [1.807, 2.05) is 17.0 Å². The minimum absolute atomic E-state index is 0.0409. The Morgan fingerprint density at radius 2 is 2.18 bits per heavy atom. The monoisotopic (exact) mass is 394 g/mol. The molecule has 5 rings (SSSR count). The lowest BCUT2D eigenvalue weighted by atomic mass is 10.0. The van der Waals surface area contributed by atoms with Gasteiger partial charge in [0.15, 0.2) is 11.5 Å². The van der Waals surface area contributed by atoms with Crippen molar-refractivity contribution in [2.45, 2.75) is 13.0 Å². The number of amides is 1. The first-order valence-corrected chi connectivity index (χ1v) is 10.5. The molecule has 28 heavy (non-hydrogen) atoms. The fourth-order valence-electron chi connectivity index (χ4n) is 4.17. The standard InChI is InChI=1S/C22H22N2O3S/c25-19-10-15(18-13-28-20-4-2-1-3-17(18)20)9-16-12-24(7-8-27-21(16)19)22(26)14-5-6-23-11-14/h1-4,9-10,13-14,23,25H,5-8,11-12H2/t14-/m1/s1. The second-order valence-corrected chi connectivity index (χ2v) is 8.34. The number of benzene rings is 2. The molecule has 0 aliphatic carbocycles. The normalized spacial score (nSPS) is 19.3. The molecule has 1 atom stereocenters. The molecule has 2 N–H and O–H groups in total. The molecule has 0 spiro atoms. The van der Waals surface area contributed by atoms with Crippen molar-refractivity contribution >= 4 is 27.3 Å². The van der Waals surface area contributed by atoms with Gasteiger partial charge < -0.3 is 20.1 Å². The number of fused-ring (bicyclic) bond motifs is 2. The number of aromatic hydroxyl groups is 1. The summed E-state index contributed by atoms with van der Waals surface area (Å²) in [6.45, 7) is 3.05. The summed E-state index contributed by atoms with van der Waals surface area (Å²) in [4.78, 5) is 14.8. The zero-order chi connectivity index (χ0) is 19.1. The van der Waals surface area contributed by atoms with Crippen LogP contribution in [0.25, 0.3) is 21.2 Å². The maximum atomic E-state index is 12.9. The lowest BCUT2D eigenvalue weighted by molar-refractivity contribution is -0.135. The van der Waals surface area contributed by atoms with E-state index >= 15 is 0 Å². The first-order valence-electron chi connectivity index (χ1n) is 9.65. The van der Waals surface area contributed by atoms with Crippen molar-refractivity contribution in [3.05, 3.63) is 47.3 Å². The number of carbonyl (C=O) groups is 1. The average molecular weight is 394 g/mol. The molecule has 2 aliphatic rings. The quantitative estimate of drug-likeness (QED) is 0.697. The Bertz CT molecular complexity index is 1040. The van der Waals surface area contributed by atoms with Gasteiger partial charge in [-0.05, 0) is 42.1 Å².